The lowest BCUT2D eigenvalue weighted by molar-refractivity contribution is 0.129. The van der Waals surface area contributed by atoms with Crippen LogP contribution >= 0.6 is 0 Å². The van der Waals surface area contributed by atoms with E-state index in [1.165, 1.54) is 18.4 Å². The number of hydrogen-bond donors (Lipinski definition) is 2. The Balaban J connectivity index is 1.53. The van der Waals surface area contributed by atoms with E-state index in [0.29, 0.717) is 12.6 Å². The zero-order valence-corrected chi connectivity index (χ0v) is 14.4. The summed E-state index contributed by atoms with van der Waals surface area (Å²) in [6.07, 6.45) is 5.50. The second-order valence-electron chi connectivity index (χ2n) is 6.96. The Labute approximate surface area is 144 Å². The van der Waals surface area contributed by atoms with Crippen molar-refractivity contribution >= 4 is 6.03 Å². The Morgan fingerprint density at radius 3 is 2.67 bits per heavy atom. The third kappa shape index (κ3) is 4.28. The summed E-state index contributed by atoms with van der Waals surface area (Å²) in [6.45, 7) is 3.56. The molecule has 2 aliphatic heterocycles. The van der Waals surface area contributed by atoms with Gasteiger partial charge >= 0.3 is 6.03 Å². The summed E-state index contributed by atoms with van der Waals surface area (Å²) < 4.78 is 0. The number of benzene rings is 1. The number of hydrogen-bond acceptors (Lipinski definition) is 3. The number of urea groups is 1. The number of aliphatic hydroxyl groups is 1. The monoisotopic (exact) mass is 331 g/mol. The molecule has 1 aromatic rings. The van der Waals surface area contributed by atoms with Crippen LogP contribution in [0.2, 0.25) is 0 Å². The molecule has 0 saturated carbocycles. The van der Waals surface area contributed by atoms with Crippen molar-refractivity contribution in [1.82, 2.24) is 15.1 Å². The SMILES string of the molecule is O=C(NC[C@@H]1CCCCN1Cc1ccccc1)N1CCC[C@@H]1CO. The topological polar surface area (TPSA) is 55.8 Å². The summed E-state index contributed by atoms with van der Waals surface area (Å²) in [7, 11) is 0. The molecule has 5 nitrogen and oxygen atoms in total. The van der Waals surface area contributed by atoms with Gasteiger partial charge in [0, 0.05) is 25.7 Å². The molecule has 2 amide bonds. The number of amides is 2. The minimum Gasteiger partial charge on any atom is -0.394 e. The van der Waals surface area contributed by atoms with Crippen molar-refractivity contribution in [3.8, 4) is 0 Å². The highest BCUT2D eigenvalue weighted by Gasteiger charge is 2.29. The lowest BCUT2D eigenvalue weighted by Gasteiger charge is -2.36. The first-order chi connectivity index (χ1) is 11.8. The molecule has 2 saturated heterocycles. The molecule has 2 heterocycles. The molecule has 2 aliphatic rings. The van der Waals surface area contributed by atoms with Crippen LogP contribution in [-0.4, -0.2) is 59.3 Å². The molecule has 132 valence electrons. The number of nitrogens with zero attached hydrogens (tertiary/aromatic N) is 2. The fourth-order valence-corrected chi connectivity index (χ4v) is 3.92. The summed E-state index contributed by atoms with van der Waals surface area (Å²) >= 11 is 0. The Hall–Kier alpha value is -1.59. The van der Waals surface area contributed by atoms with Gasteiger partial charge in [0.25, 0.3) is 0 Å². The first kappa shape index (κ1) is 17.2. The van der Waals surface area contributed by atoms with Crippen molar-refractivity contribution in [3.63, 3.8) is 0 Å². The molecule has 0 unspecified atom stereocenters. The van der Waals surface area contributed by atoms with E-state index < -0.39 is 0 Å². The number of aliphatic hydroxyl groups excluding tert-OH is 1. The molecule has 24 heavy (non-hydrogen) atoms. The number of nitrogens with one attached hydrogen (secondary N) is 1. The van der Waals surface area contributed by atoms with E-state index in [2.05, 4.69) is 34.5 Å². The van der Waals surface area contributed by atoms with E-state index in [9.17, 15) is 9.90 Å². The average Bonchev–Trinajstić information content (AvgIpc) is 3.10. The van der Waals surface area contributed by atoms with Crippen LogP contribution in [0.1, 0.15) is 37.7 Å². The summed E-state index contributed by atoms with van der Waals surface area (Å²) in [6, 6.07) is 10.9. The van der Waals surface area contributed by atoms with E-state index in [1.54, 1.807) is 4.90 Å². The molecular formula is C19H29N3O2. The number of piperidine rings is 1. The van der Waals surface area contributed by atoms with Gasteiger partial charge in [0.05, 0.1) is 12.6 Å². The summed E-state index contributed by atoms with van der Waals surface area (Å²) in [4.78, 5) is 16.7. The lowest BCUT2D eigenvalue weighted by atomic mass is 10.0. The van der Waals surface area contributed by atoms with Gasteiger partial charge in [0.15, 0.2) is 0 Å². The van der Waals surface area contributed by atoms with Crippen LogP contribution in [0.5, 0.6) is 0 Å². The molecule has 5 heteroatoms. The van der Waals surface area contributed by atoms with Gasteiger partial charge in [0.1, 0.15) is 0 Å². The van der Waals surface area contributed by atoms with E-state index in [-0.39, 0.29) is 18.7 Å². The van der Waals surface area contributed by atoms with Crippen molar-refractivity contribution in [2.45, 2.75) is 50.7 Å². The van der Waals surface area contributed by atoms with E-state index in [0.717, 1.165) is 38.9 Å². The van der Waals surface area contributed by atoms with Crippen LogP contribution in [0.15, 0.2) is 30.3 Å². The van der Waals surface area contributed by atoms with Gasteiger partial charge in [-0.05, 0) is 37.8 Å². The van der Waals surface area contributed by atoms with Gasteiger partial charge < -0.3 is 15.3 Å². The van der Waals surface area contributed by atoms with Crippen molar-refractivity contribution in [2.75, 3.05) is 26.2 Å². The molecule has 0 radical (unpaired) electrons. The Morgan fingerprint density at radius 1 is 1.08 bits per heavy atom. The van der Waals surface area contributed by atoms with Gasteiger partial charge in [-0.15, -0.1) is 0 Å². The summed E-state index contributed by atoms with van der Waals surface area (Å²) in [5.41, 5.74) is 1.33. The van der Waals surface area contributed by atoms with Crippen molar-refractivity contribution < 1.29 is 9.90 Å². The maximum Gasteiger partial charge on any atom is 0.317 e. The maximum absolute atomic E-state index is 12.4. The van der Waals surface area contributed by atoms with Gasteiger partial charge in [-0.25, -0.2) is 4.79 Å². The molecule has 2 atom stereocenters. The molecule has 1 aromatic carbocycles. The van der Waals surface area contributed by atoms with E-state index >= 15 is 0 Å². The number of carbonyl (C=O) groups excluding carboxylic acids is 1. The van der Waals surface area contributed by atoms with Gasteiger partial charge in [-0.2, -0.15) is 0 Å². The van der Waals surface area contributed by atoms with E-state index in [4.69, 9.17) is 0 Å². The van der Waals surface area contributed by atoms with Gasteiger partial charge in [-0.3, -0.25) is 4.90 Å². The number of carbonyl (C=O) groups is 1. The first-order valence-electron chi connectivity index (χ1n) is 9.21. The largest absolute Gasteiger partial charge is 0.394 e. The second kappa shape index (κ2) is 8.49. The predicted octanol–water partition coefficient (Wildman–Crippen LogP) is 2.21. The predicted molar refractivity (Wildman–Crippen MR) is 94.7 cm³/mol. The Kier molecular flexibility index (Phi) is 6.10. The molecule has 2 fully saturated rings. The Morgan fingerprint density at radius 2 is 1.88 bits per heavy atom. The van der Waals surface area contributed by atoms with E-state index in [1.807, 2.05) is 6.07 Å². The quantitative estimate of drug-likeness (QED) is 0.870. The molecular weight excluding hydrogens is 302 g/mol. The highest BCUT2D eigenvalue weighted by Crippen LogP contribution is 2.20. The van der Waals surface area contributed by atoms with Gasteiger partial charge in [0.2, 0.25) is 0 Å². The van der Waals surface area contributed by atoms with Crippen LogP contribution in [-0.2, 0) is 6.54 Å². The second-order valence-corrected chi connectivity index (χ2v) is 6.96. The van der Waals surface area contributed by atoms with Crippen molar-refractivity contribution in [2.24, 2.45) is 0 Å². The van der Waals surface area contributed by atoms with Crippen LogP contribution in [0, 0.1) is 0 Å². The van der Waals surface area contributed by atoms with Crippen LogP contribution in [0.3, 0.4) is 0 Å². The third-order valence-corrected chi connectivity index (χ3v) is 5.32. The zero-order valence-electron chi connectivity index (χ0n) is 14.4. The molecule has 3 rings (SSSR count). The molecule has 2 N–H and O–H groups in total. The molecule has 0 aromatic heterocycles. The van der Waals surface area contributed by atoms with Gasteiger partial charge in [-0.1, -0.05) is 36.8 Å². The lowest BCUT2D eigenvalue weighted by Crippen LogP contribution is -2.50. The third-order valence-electron chi connectivity index (χ3n) is 5.32. The normalized spacial score (nSPS) is 25.0. The number of likely N-dealkylation sites (tertiary alicyclic amines) is 2. The fourth-order valence-electron chi connectivity index (χ4n) is 3.92. The van der Waals surface area contributed by atoms with Crippen LogP contribution in [0.4, 0.5) is 4.79 Å². The van der Waals surface area contributed by atoms with Crippen molar-refractivity contribution in [1.29, 1.82) is 0 Å². The smallest absolute Gasteiger partial charge is 0.317 e. The van der Waals surface area contributed by atoms with Crippen LogP contribution in [0.25, 0.3) is 0 Å². The van der Waals surface area contributed by atoms with Crippen molar-refractivity contribution in [3.05, 3.63) is 35.9 Å². The van der Waals surface area contributed by atoms with Crippen LogP contribution < -0.4 is 5.32 Å². The standard InChI is InChI=1S/C19H29N3O2/c23-15-18-10-6-12-22(18)19(24)20-13-17-9-4-5-11-21(17)14-16-7-2-1-3-8-16/h1-3,7-8,17-18,23H,4-6,9-15H2,(H,20,24)/t17-,18+/m0/s1. The minimum absolute atomic E-state index is 0.00298. The Bertz CT molecular complexity index is 523. The molecule has 0 spiro atoms. The number of rotatable bonds is 5. The zero-order chi connectivity index (χ0) is 16.8. The summed E-state index contributed by atoms with van der Waals surface area (Å²) in [5.74, 6) is 0. The minimum atomic E-state index is -0.0169. The molecule has 0 aliphatic carbocycles. The highest BCUT2D eigenvalue weighted by molar-refractivity contribution is 5.74. The maximum atomic E-state index is 12.4. The molecule has 0 bridgehead atoms. The fraction of sp³-hybridized carbons (Fsp3) is 0.632. The average molecular weight is 331 g/mol. The highest BCUT2D eigenvalue weighted by atomic mass is 16.3. The first-order valence-corrected chi connectivity index (χ1v) is 9.21. The summed E-state index contributed by atoms with van der Waals surface area (Å²) in [5, 5.41) is 12.5.